The van der Waals surface area contributed by atoms with Crippen LogP contribution < -0.4 is 15.5 Å². The maximum absolute atomic E-state index is 11.9. The van der Waals surface area contributed by atoms with Gasteiger partial charge in [0.15, 0.2) is 0 Å². The lowest BCUT2D eigenvalue weighted by molar-refractivity contribution is -0.124. The first-order valence-electron chi connectivity index (χ1n) is 8.80. The molecule has 2 amide bonds. The summed E-state index contributed by atoms with van der Waals surface area (Å²) in [7, 11) is 0. The summed E-state index contributed by atoms with van der Waals surface area (Å²) in [6, 6.07) is 3.85. The number of aromatic nitrogens is 1. The number of hydrogen-bond acceptors (Lipinski definition) is 4. The Hall–Kier alpha value is -2.11. The van der Waals surface area contributed by atoms with Crippen LogP contribution in [0.25, 0.3) is 0 Å². The van der Waals surface area contributed by atoms with Gasteiger partial charge in [-0.3, -0.25) is 9.59 Å². The summed E-state index contributed by atoms with van der Waals surface area (Å²) in [5, 5.41) is 5.95. The fourth-order valence-electron chi connectivity index (χ4n) is 2.72. The van der Waals surface area contributed by atoms with E-state index in [4.69, 9.17) is 0 Å². The number of nitrogens with one attached hydrogen (secondary N) is 2. The van der Waals surface area contributed by atoms with Gasteiger partial charge in [0, 0.05) is 37.8 Å². The molecule has 132 valence electrons. The predicted molar refractivity (Wildman–Crippen MR) is 95.1 cm³/mol. The normalized spacial score (nSPS) is 17.7. The number of amides is 2. The topological polar surface area (TPSA) is 74.3 Å². The van der Waals surface area contributed by atoms with E-state index in [1.807, 2.05) is 32.9 Å². The van der Waals surface area contributed by atoms with Gasteiger partial charge in [0.1, 0.15) is 5.82 Å². The lowest BCUT2D eigenvalue weighted by Crippen LogP contribution is -2.49. The van der Waals surface area contributed by atoms with E-state index >= 15 is 0 Å². The highest BCUT2D eigenvalue weighted by Gasteiger charge is 2.23. The van der Waals surface area contributed by atoms with Crippen LogP contribution in [0.5, 0.6) is 0 Å². The van der Waals surface area contributed by atoms with Crippen LogP contribution in [0.2, 0.25) is 0 Å². The average molecular weight is 332 g/mol. The molecular formula is C18H28N4O2. The molecule has 6 nitrogen and oxygen atoms in total. The monoisotopic (exact) mass is 332 g/mol. The maximum atomic E-state index is 11.9. The van der Waals surface area contributed by atoms with Crippen LogP contribution in [-0.2, 0) is 4.79 Å². The number of hydrogen-bond donors (Lipinski definition) is 2. The van der Waals surface area contributed by atoms with Gasteiger partial charge in [-0.25, -0.2) is 4.98 Å². The Labute approximate surface area is 144 Å². The van der Waals surface area contributed by atoms with Gasteiger partial charge in [-0.05, 0) is 31.4 Å². The minimum Gasteiger partial charge on any atom is -0.355 e. The second-order valence-corrected chi connectivity index (χ2v) is 6.61. The largest absolute Gasteiger partial charge is 0.355 e. The van der Waals surface area contributed by atoms with E-state index in [9.17, 15) is 9.59 Å². The van der Waals surface area contributed by atoms with Crippen LogP contribution in [0.4, 0.5) is 5.82 Å². The van der Waals surface area contributed by atoms with Gasteiger partial charge in [-0.1, -0.05) is 20.8 Å². The molecule has 1 aromatic heterocycles. The van der Waals surface area contributed by atoms with Crippen LogP contribution in [0, 0.1) is 5.92 Å². The van der Waals surface area contributed by atoms with E-state index in [2.05, 4.69) is 20.5 Å². The number of piperidine rings is 1. The number of rotatable bonds is 6. The van der Waals surface area contributed by atoms with E-state index in [1.165, 1.54) is 0 Å². The molecule has 0 bridgehead atoms. The van der Waals surface area contributed by atoms with Crippen molar-refractivity contribution in [3.63, 3.8) is 0 Å². The highest BCUT2D eigenvalue weighted by molar-refractivity contribution is 5.94. The van der Waals surface area contributed by atoms with E-state index in [0.717, 1.165) is 38.2 Å². The van der Waals surface area contributed by atoms with Crippen molar-refractivity contribution >= 4 is 17.6 Å². The minimum atomic E-state index is -0.0865. The van der Waals surface area contributed by atoms with Crippen LogP contribution in [-0.4, -0.2) is 42.5 Å². The lowest BCUT2D eigenvalue weighted by atomic mass is 10.0. The van der Waals surface area contributed by atoms with Crippen molar-refractivity contribution in [1.29, 1.82) is 0 Å². The summed E-state index contributed by atoms with van der Waals surface area (Å²) in [6.45, 7) is 8.17. The summed E-state index contributed by atoms with van der Waals surface area (Å²) in [5.41, 5.74) is 0.578. The number of carbonyl (C=O) groups excluding carboxylic acids is 2. The van der Waals surface area contributed by atoms with Crippen molar-refractivity contribution in [3.8, 4) is 0 Å². The Bertz CT molecular complexity index is 557. The molecule has 2 rings (SSSR count). The number of nitrogens with zero attached hydrogens (tertiary/aromatic N) is 2. The van der Waals surface area contributed by atoms with Gasteiger partial charge >= 0.3 is 0 Å². The van der Waals surface area contributed by atoms with Gasteiger partial charge in [-0.15, -0.1) is 0 Å². The molecule has 0 radical (unpaired) electrons. The second kappa shape index (κ2) is 8.66. The fraction of sp³-hybridized carbons (Fsp3) is 0.611. The van der Waals surface area contributed by atoms with Crippen molar-refractivity contribution in [2.45, 2.75) is 46.1 Å². The fourth-order valence-corrected chi connectivity index (χ4v) is 2.72. The summed E-state index contributed by atoms with van der Waals surface area (Å²) in [4.78, 5) is 30.4. The molecule has 0 saturated carbocycles. The van der Waals surface area contributed by atoms with Crippen molar-refractivity contribution in [2.24, 2.45) is 5.92 Å². The smallest absolute Gasteiger partial charge is 0.252 e. The molecular weight excluding hydrogens is 304 g/mol. The molecule has 1 atom stereocenters. The molecule has 0 aromatic carbocycles. The highest BCUT2D eigenvalue weighted by atomic mass is 16.2. The Morgan fingerprint density at radius 1 is 1.38 bits per heavy atom. The number of anilines is 1. The quantitative estimate of drug-likeness (QED) is 0.835. The Kier molecular flexibility index (Phi) is 6.58. The first-order chi connectivity index (χ1) is 11.5. The van der Waals surface area contributed by atoms with Gasteiger partial charge in [-0.2, -0.15) is 0 Å². The van der Waals surface area contributed by atoms with Gasteiger partial charge in [0.05, 0.1) is 5.56 Å². The van der Waals surface area contributed by atoms with Gasteiger partial charge in [0.25, 0.3) is 5.91 Å². The zero-order chi connectivity index (χ0) is 17.5. The Balaban J connectivity index is 1.95. The van der Waals surface area contributed by atoms with Crippen LogP contribution in [0.3, 0.4) is 0 Å². The summed E-state index contributed by atoms with van der Waals surface area (Å²) < 4.78 is 0. The molecule has 1 unspecified atom stereocenters. The van der Waals surface area contributed by atoms with E-state index in [0.29, 0.717) is 12.1 Å². The van der Waals surface area contributed by atoms with E-state index in [-0.39, 0.29) is 23.8 Å². The van der Waals surface area contributed by atoms with E-state index in [1.54, 1.807) is 6.20 Å². The molecule has 0 aliphatic carbocycles. The third-order valence-electron chi connectivity index (χ3n) is 4.16. The molecule has 1 aliphatic rings. The third kappa shape index (κ3) is 4.94. The van der Waals surface area contributed by atoms with Crippen molar-refractivity contribution in [2.75, 3.05) is 24.5 Å². The van der Waals surface area contributed by atoms with Gasteiger partial charge < -0.3 is 15.5 Å². The molecule has 1 aliphatic heterocycles. The molecule has 0 spiro atoms. The van der Waals surface area contributed by atoms with Crippen molar-refractivity contribution in [3.05, 3.63) is 23.9 Å². The number of carbonyl (C=O) groups is 2. The lowest BCUT2D eigenvalue weighted by Gasteiger charge is -2.34. The molecule has 1 aromatic rings. The maximum Gasteiger partial charge on any atom is 0.252 e. The van der Waals surface area contributed by atoms with Crippen LogP contribution >= 0.6 is 0 Å². The standard InChI is InChI=1S/C18H28N4O2/c1-4-9-19-18(24)14-7-8-16(20-11-14)22-10-5-6-15(12-22)21-17(23)13(2)3/h7-8,11,13,15H,4-6,9-10,12H2,1-3H3,(H,19,24)(H,21,23). The predicted octanol–water partition coefficient (Wildman–Crippen LogP) is 1.96. The molecule has 2 heterocycles. The molecule has 6 heteroatoms. The van der Waals surface area contributed by atoms with Crippen molar-refractivity contribution in [1.82, 2.24) is 15.6 Å². The first-order valence-corrected chi connectivity index (χ1v) is 8.80. The summed E-state index contributed by atoms with van der Waals surface area (Å²) in [6.07, 6.45) is 4.54. The van der Waals surface area contributed by atoms with Crippen molar-refractivity contribution < 1.29 is 9.59 Å². The molecule has 1 fully saturated rings. The van der Waals surface area contributed by atoms with Crippen LogP contribution in [0.1, 0.15) is 50.4 Å². The zero-order valence-electron chi connectivity index (χ0n) is 14.8. The third-order valence-corrected chi connectivity index (χ3v) is 4.16. The molecule has 2 N–H and O–H groups in total. The summed E-state index contributed by atoms with van der Waals surface area (Å²) >= 11 is 0. The Morgan fingerprint density at radius 3 is 2.79 bits per heavy atom. The number of pyridine rings is 1. The highest BCUT2D eigenvalue weighted by Crippen LogP contribution is 2.18. The molecule has 24 heavy (non-hydrogen) atoms. The van der Waals surface area contributed by atoms with Gasteiger partial charge in [0.2, 0.25) is 5.91 Å². The second-order valence-electron chi connectivity index (χ2n) is 6.61. The van der Waals surface area contributed by atoms with Crippen LogP contribution in [0.15, 0.2) is 18.3 Å². The SMILES string of the molecule is CCCNC(=O)c1ccc(N2CCCC(NC(=O)C(C)C)C2)nc1. The zero-order valence-corrected chi connectivity index (χ0v) is 14.8. The minimum absolute atomic E-state index is 0.000539. The Morgan fingerprint density at radius 2 is 2.17 bits per heavy atom. The van der Waals surface area contributed by atoms with E-state index < -0.39 is 0 Å². The molecule has 1 saturated heterocycles. The average Bonchev–Trinajstić information content (AvgIpc) is 2.60. The summed E-state index contributed by atoms with van der Waals surface area (Å²) in [5.74, 6) is 0.860. The first kappa shape index (κ1) is 18.2.